The zero-order chi connectivity index (χ0) is 20.0. The lowest BCUT2D eigenvalue weighted by molar-refractivity contribution is -0.137. The van der Waals surface area contributed by atoms with Gasteiger partial charge in [-0.25, -0.2) is 4.39 Å². The Kier molecular flexibility index (Phi) is 6.59. The van der Waals surface area contributed by atoms with Crippen molar-refractivity contribution >= 4 is 11.9 Å². The number of hydrogen-bond donors (Lipinski definition) is 1. The topological polar surface area (TPSA) is 85.3 Å². The van der Waals surface area contributed by atoms with Crippen LogP contribution < -0.4 is 14.2 Å². The van der Waals surface area contributed by atoms with Gasteiger partial charge in [0.2, 0.25) is 0 Å². The molecule has 1 N–H and O–H groups in total. The summed E-state index contributed by atoms with van der Waals surface area (Å²) in [5.74, 6) is -1.96. The number of benzene rings is 2. The molecule has 0 bridgehead atoms. The highest BCUT2D eigenvalue weighted by atomic mass is 19.1. The van der Waals surface area contributed by atoms with Crippen LogP contribution in [0.15, 0.2) is 36.4 Å². The van der Waals surface area contributed by atoms with Crippen molar-refractivity contribution in [2.45, 2.75) is 6.54 Å². The lowest BCUT2D eigenvalue weighted by Crippen LogP contribution is -2.35. The molecule has 2 aromatic carbocycles. The molecule has 0 aliphatic carbocycles. The Morgan fingerprint density at radius 3 is 2.19 bits per heavy atom. The van der Waals surface area contributed by atoms with Crippen molar-refractivity contribution < 1.29 is 33.3 Å². The van der Waals surface area contributed by atoms with Crippen molar-refractivity contribution in [3.63, 3.8) is 0 Å². The zero-order valence-electron chi connectivity index (χ0n) is 15.2. The number of carboxylic acid groups (broad SMARTS) is 1. The van der Waals surface area contributed by atoms with Crippen LogP contribution in [0, 0.1) is 5.82 Å². The highest BCUT2D eigenvalue weighted by molar-refractivity contribution is 5.96. The van der Waals surface area contributed by atoms with Crippen LogP contribution in [0.3, 0.4) is 0 Å². The molecule has 0 saturated heterocycles. The van der Waals surface area contributed by atoms with Gasteiger partial charge in [-0.2, -0.15) is 0 Å². The minimum atomic E-state index is -1.22. The predicted molar refractivity (Wildman–Crippen MR) is 94.9 cm³/mol. The molecule has 0 fully saturated rings. The van der Waals surface area contributed by atoms with Crippen LogP contribution in [-0.2, 0) is 11.3 Å². The molecule has 0 aliphatic heterocycles. The van der Waals surface area contributed by atoms with Crippen molar-refractivity contribution in [1.29, 1.82) is 0 Å². The maximum atomic E-state index is 14.4. The maximum absolute atomic E-state index is 14.4. The van der Waals surface area contributed by atoms with Crippen LogP contribution >= 0.6 is 0 Å². The Hall–Kier alpha value is -3.29. The lowest BCUT2D eigenvalue weighted by Gasteiger charge is -2.22. The van der Waals surface area contributed by atoms with Crippen molar-refractivity contribution in [2.75, 3.05) is 27.9 Å². The van der Waals surface area contributed by atoms with E-state index in [1.807, 2.05) is 0 Å². The number of amides is 1. The minimum absolute atomic E-state index is 0.0741. The van der Waals surface area contributed by atoms with Gasteiger partial charge in [-0.3, -0.25) is 9.59 Å². The SMILES string of the molecule is COc1cc(CN(CC(=O)O)C(=O)c2cccc(OC)c2F)cc(OC)c1. The third-order valence-corrected chi connectivity index (χ3v) is 3.81. The van der Waals surface area contributed by atoms with Crippen molar-refractivity contribution in [3.8, 4) is 17.2 Å². The van der Waals surface area contributed by atoms with E-state index in [0.29, 0.717) is 17.1 Å². The first-order valence-electron chi connectivity index (χ1n) is 7.95. The summed E-state index contributed by atoms with van der Waals surface area (Å²) in [6, 6.07) is 9.05. The summed E-state index contributed by atoms with van der Waals surface area (Å²) in [7, 11) is 4.24. The Bertz CT molecular complexity index is 817. The molecule has 8 heteroatoms. The van der Waals surface area contributed by atoms with Gasteiger partial charge in [-0.05, 0) is 29.8 Å². The van der Waals surface area contributed by atoms with E-state index in [1.54, 1.807) is 18.2 Å². The molecule has 0 aliphatic rings. The van der Waals surface area contributed by atoms with E-state index >= 15 is 0 Å². The van der Waals surface area contributed by atoms with Crippen molar-refractivity contribution in [3.05, 3.63) is 53.3 Å². The van der Waals surface area contributed by atoms with Gasteiger partial charge in [-0.15, -0.1) is 0 Å². The van der Waals surface area contributed by atoms with Crippen LogP contribution in [0.5, 0.6) is 17.2 Å². The lowest BCUT2D eigenvalue weighted by atomic mass is 10.1. The van der Waals surface area contributed by atoms with E-state index in [4.69, 9.17) is 19.3 Å². The van der Waals surface area contributed by atoms with E-state index in [-0.39, 0.29) is 17.9 Å². The second-order valence-corrected chi connectivity index (χ2v) is 5.60. The van der Waals surface area contributed by atoms with E-state index in [9.17, 15) is 14.0 Å². The Morgan fingerprint density at radius 2 is 1.67 bits per heavy atom. The second kappa shape index (κ2) is 8.88. The predicted octanol–water partition coefficient (Wildman–Crippen LogP) is 2.58. The number of carbonyl (C=O) groups excluding carboxylic acids is 1. The number of halogens is 1. The van der Waals surface area contributed by atoms with Crippen LogP contribution in [-0.4, -0.2) is 49.8 Å². The summed E-state index contributed by atoms with van der Waals surface area (Å²) in [4.78, 5) is 25.0. The van der Waals surface area contributed by atoms with Crippen LogP contribution in [0.25, 0.3) is 0 Å². The minimum Gasteiger partial charge on any atom is -0.497 e. The molecule has 27 heavy (non-hydrogen) atoms. The van der Waals surface area contributed by atoms with E-state index in [1.165, 1.54) is 39.5 Å². The molecule has 0 unspecified atom stereocenters. The Balaban J connectivity index is 2.38. The molecule has 0 atom stereocenters. The first-order chi connectivity index (χ1) is 12.9. The molecule has 0 aromatic heterocycles. The fourth-order valence-electron chi connectivity index (χ4n) is 2.54. The number of carboxylic acids is 1. The van der Waals surface area contributed by atoms with E-state index < -0.39 is 24.2 Å². The van der Waals surface area contributed by atoms with Crippen LogP contribution in [0.1, 0.15) is 15.9 Å². The molecule has 2 rings (SSSR count). The van der Waals surface area contributed by atoms with Gasteiger partial charge in [0.25, 0.3) is 5.91 Å². The third-order valence-electron chi connectivity index (χ3n) is 3.81. The fourth-order valence-corrected chi connectivity index (χ4v) is 2.54. The molecule has 0 spiro atoms. The van der Waals surface area contributed by atoms with E-state index in [0.717, 1.165) is 4.90 Å². The summed E-state index contributed by atoms with van der Waals surface area (Å²) in [5.41, 5.74) is 0.301. The first kappa shape index (κ1) is 20.0. The summed E-state index contributed by atoms with van der Waals surface area (Å²) in [6.45, 7) is -0.676. The molecule has 0 saturated carbocycles. The first-order valence-corrected chi connectivity index (χ1v) is 7.95. The maximum Gasteiger partial charge on any atom is 0.323 e. The van der Waals surface area contributed by atoms with Crippen molar-refractivity contribution in [2.24, 2.45) is 0 Å². The van der Waals surface area contributed by atoms with E-state index in [2.05, 4.69) is 0 Å². The largest absolute Gasteiger partial charge is 0.497 e. The quantitative estimate of drug-likeness (QED) is 0.761. The summed E-state index contributed by atoms with van der Waals surface area (Å²) < 4.78 is 29.7. The highest BCUT2D eigenvalue weighted by Crippen LogP contribution is 2.25. The Labute approximate surface area is 155 Å². The van der Waals surface area contributed by atoms with Gasteiger partial charge in [0.15, 0.2) is 11.6 Å². The standard InChI is InChI=1S/C19H20FNO6/c1-25-13-7-12(8-14(9-13)26-2)10-21(11-17(22)23)19(24)15-5-4-6-16(27-3)18(15)20/h4-9H,10-11H2,1-3H3,(H,22,23). The van der Waals surface area contributed by atoms with Crippen LogP contribution in [0.2, 0.25) is 0 Å². The van der Waals surface area contributed by atoms with Crippen molar-refractivity contribution in [1.82, 2.24) is 4.90 Å². The number of methoxy groups -OCH3 is 3. The van der Waals surface area contributed by atoms with Gasteiger partial charge in [-0.1, -0.05) is 6.07 Å². The van der Waals surface area contributed by atoms with Gasteiger partial charge in [0.05, 0.1) is 26.9 Å². The van der Waals surface area contributed by atoms with Gasteiger partial charge in [0.1, 0.15) is 18.0 Å². The number of carbonyl (C=O) groups is 2. The zero-order valence-corrected chi connectivity index (χ0v) is 15.2. The normalized spacial score (nSPS) is 10.2. The smallest absolute Gasteiger partial charge is 0.323 e. The van der Waals surface area contributed by atoms with Crippen LogP contribution in [0.4, 0.5) is 4.39 Å². The molecular formula is C19H20FNO6. The monoisotopic (exact) mass is 377 g/mol. The van der Waals surface area contributed by atoms with Gasteiger partial charge in [0, 0.05) is 12.6 Å². The summed E-state index contributed by atoms with van der Waals surface area (Å²) >= 11 is 0. The van der Waals surface area contributed by atoms with Gasteiger partial charge < -0.3 is 24.2 Å². The number of hydrogen-bond acceptors (Lipinski definition) is 5. The molecule has 0 radical (unpaired) electrons. The summed E-state index contributed by atoms with van der Waals surface area (Å²) in [5, 5.41) is 9.17. The van der Waals surface area contributed by atoms with Gasteiger partial charge >= 0.3 is 5.97 Å². The average Bonchev–Trinajstić information content (AvgIpc) is 2.66. The molecule has 1 amide bonds. The number of nitrogens with zero attached hydrogens (tertiary/aromatic N) is 1. The third kappa shape index (κ3) is 4.87. The molecule has 0 heterocycles. The summed E-state index contributed by atoms with van der Waals surface area (Å²) in [6.07, 6.45) is 0. The highest BCUT2D eigenvalue weighted by Gasteiger charge is 2.24. The number of ether oxygens (including phenoxy) is 3. The molecule has 144 valence electrons. The second-order valence-electron chi connectivity index (χ2n) is 5.60. The molecular weight excluding hydrogens is 357 g/mol. The molecule has 2 aromatic rings. The fraction of sp³-hybridized carbons (Fsp3) is 0.263. The average molecular weight is 377 g/mol. The number of aliphatic carboxylic acids is 1. The molecule has 7 nitrogen and oxygen atoms in total. The number of rotatable bonds is 8. The Morgan fingerprint density at radius 1 is 1.04 bits per heavy atom.